The van der Waals surface area contributed by atoms with Crippen molar-refractivity contribution in [3.63, 3.8) is 0 Å². The lowest BCUT2D eigenvalue weighted by molar-refractivity contribution is -0.119. The summed E-state index contributed by atoms with van der Waals surface area (Å²) in [6.45, 7) is 0.224. The highest BCUT2D eigenvalue weighted by Crippen LogP contribution is 2.26. The third-order valence-electron chi connectivity index (χ3n) is 5.01. The number of rotatable bonds is 7. The molecule has 0 atom stereocenters. The van der Waals surface area contributed by atoms with Gasteiger partial charge in [-0.15, -0.1) is 0 Å². The maximum absolute atomic E-state index is 13.5. The minimum Gasteiger partial charge on any atom is -0.350 e. The average molecular weight is 430 g/mol. The maximum Gasteiger partial charge on any atom is 0.319 e. The molecule has 0 radical (unpaired) electrons. The number of anilines is 2. The summed E-state index contributed by atoms with van der Waals surface area (Å²) in [5.74, 6) is -1.70. The second-order valence-electron chi connectivity index (χ2n) is 7.31. The zero-order valence-corrected chi connectivity index (χ0v) is 16.8. The molecule has 1 fully saturated rings. The van der Waals surface area contributed by atoms with Crippen molar-refractivity contribution in [2.24, 2.45) is 5.92 Å². The molecule has 9 heteroatoms. The molecule has 0 aromatic heterocycles. The van der Waals surface area contributed by atoms with Gasteiger partial charge in [0.1, 0.15) is 11.6 Å². The van der Waals surface area contributed by atoms with E-state index >= 15 is 0 Å². The quantitative estimate of drug-likeness (QED) is 0.505. The zero-order chi connectivity index (χ0) is 22.2. The fraction of sp³-hybridized carbons (Fsp3) is 0.318. The standard InChI is InChI=1S/C22H24F2N4O3/c23-16-7-10-18(24)19(13-16)28-22(31)26-12-11-25-20(29)15-5-8-17(9-6-15)27-21(30)14-3-1-2-4-14/h5-10,13-14H,1-4,11-12H2,(H,25,29)(H,27,30)(H2,26,28,31). The maximum atomic E-state index is 13.5. The number of urea groups is 1. The average Bonchev–Trinajstić information content (AvgIpc) is 3.29. The van der Waals surface area contributed by atoms with Gasteiger partial charge in [0.25, 0.3) is 5.91 Å². The summed E-state index contributed by atoms with van der Waals surface area (Å²) in [6, 6.07) is 8.55. The number of hydrogen-bond acceptors (Lipinski definition) is 3. The van der Waals surface area contributed by atoms with Crippen molar-refractivity contribution < 1.29 is 23.2 Å². The lowest BCUT2D eigenvalue weighted by Gasteiger charge is -2.11. The smallest absolute Gasteiger partial charge is 0.319 e. The molecule has 0 heterocycles. The van der Waals surface area contributed by atoms with Crippen molar-refractivity contribution in [2.45, 2.75) is 25.7 Å². The van der Waals surface area contributed by atoms with E-state index in [4.69, 9.17) is 0 Å². The Morgan fingerprint density at radius 2 is 1.55 bits per heavy atom. The molecule has 1 aliphatic rings. The molecule has 31 heavy (non-hydrogen) atoms. The van der Waals surface area contributed by atoms with E-state index in [9.17, 15) is 23.2 Å². The van der Waals surface area contributed by atoms with E-state index in [2.05, 4.69) is 21.3 Å². The Morgan fingerprint density at radius 3 is 2.26 bits per heavy atom. The SMILES string of the molecule is O=C(NCCNC(=O)c1ccc(NC(=O)C2CCCC2)cc1)Nc1cc(F)ccc1F. The lowest BCUT2D eigenvalue weighted by Crippen LogP contribution is -2.37. The van der Waals surface area contributed by atoms with Crippen LogP contribution in [0.1, 0.15) is 36.0 Å². The van der Waals surface area contributed by atoms with Crippen molar-refractivity contribution in [1.82, 2.24) is 10.6 Å². The molecule has 0 aliphatic heterocycles. The Morgan fingerprint density at radius 1 is 0.871 bits per heavy atom. The lowest BCUT2D eigenvalue weighted by atomic mass is 10.1. The minimum atomic E-state index is -0.757. The summed E-state index contributed by atoms with van der Waals surface area (Å²) >= 11 is 0. The Balaban J connectivity index is 1.38. The van der Waals surface area contributed by atoms with Crippen LogP contribution in [0.5, 0.6) is 0 Å². The van der Waals surface area contributed by atoms with Gasteiger partial charge in [0, 0.05) is 36.3 Å². The molecule has 1 aliphatic carbocycles. The van der Waals surface area contributed by atoms with E-state index in [1.165, 1.54) is 0 Å². The van der Waals surface area contributed by atoms with Crippen LogP contribution in [0.15, 0.2) is 42.5 Å². The Kier molecular flexibility index (Phi) is 7.53. The first-order chi connectivity index (χ1) is 14.9. The van der Waals surface area contributed by atoms with Gasteiger partial charge in [0.15, 0.2) is 0 Å². The Bertz CT molecular complexity index is 944. The van der Waals surface area contributed by atoms with Crippen molar-refractivity contribution in [3.05, 3.63) is 59.7 Å². The topological polar surface area (TPSA) is 99.3 Å². The van der Waals surface area contributed by atoms with Crippen LogP contribution in [0.3, 0.4) is 0 Å². The summed E-state index contributed by atoms with van der Waals surface area (Å²) in [6.07, 6.45) is 3.98. The van der Waals surface area contributed by atoms with Crippen LogP contribution in [0.4, 0.5) is 25.0 Å². The predicted octanol–water partition coefficient (Wildman–Crippen LogP) is 3.65. The van der Waals surface area contributed by atoms with Crippen LogP contribution in [-0.4, -0.2) is 30.9 Å². The van der Waals surface area contributed by atoms with Crippen molar-refractivity contribution in [2.75, 3.05) is 23.7 Å². The van der Waals surface area contributed by atoms with Gasteiger partial charge in [-0.3, -0.25) is 9.59 Å². The highest BCUT2D eigenvalue weighted by Gasteiger charge is 2.22. The molecule has 2 aromatic carbocycles. The predicted molar refractivity (Wildman–Crippen MR) is 113 cm³/mol. The third kappa shape index (κ3) is 6.50. The van der Waals surface area contributed by atoms with Gasteiger partial charge in [-0.05, 0) is 49.2 Å². The minimum absolute atomic E-state index is 0.0113. The van der Waals surface area contributed by atoms with Gasteiger partial charge in [-0.1, -0.05) is 12.8 Å². The summed E-state index contributed by atoms with van der Waals surface area (Å²) < 4.78 is 26.6. The summed E-state index contributed by atoms with van der Waals surface area (Å²) in [5, 5.41) is 10.1. The fourth-order valence-corrected chi connectivity index (χ4v) is 3.35. The highest BCUT2D eigenvalue weighted by molar-refractivity contribution is 5.96. The molecule has 4 N–H and O–H groups in total. The van der Waals surface area contributed by atoms with Gasteiger partial charge in [-0.25, -0.2) is 13.6 Å². The molecule has 0 bridgehead atoms. The highest BCUT2D eigenvalue weighted by atomic mass is 19.1. The second-order valence-corrected chi connectivity index (χ2v) is 7.31. The number of amides is 4. The van der Waals surface area contributed by atoms with Crippen LogP contribution in [0.2, 0.25) is 0 Å². The first-order valence-corrected chi connectivity index (χ1v) is 10.1. The molecule has 0 unspecified atom stereocenters. The van der Waals surface area contributed by atoms with Crippen LogP contribution in [0.25, 0.3) is 0 Å². The molecular weight excluding hydrogens is 406 g/mol. The van der Waals surface area contributed by atoms with Gasteiger partial charge in [0.2, 0.25) is 5.91 Å². The van der Waals surface area contributed by atoms with Crippen LogP contribution in [0, 0.1) is 17.6 Å². The van der Waals surface area contributed by atoms with Gasteiger partial charge in [0.05, 0.1) is 5.69 Å². The van der Waals surface area contributed by atoms with E-state index in [-0.39, 0.29) is 36.5 Å². The van der Waals surface area contributed by atoms with Gasteiger partial charge < -0.3 is 21.3 Å². The molecule has 0 spiro atoms. The molecule has 4 amide bonds. The van der Waals surface area contributed by atoms with E-state index < -0.39 is 17.7 Å². The van der Waals surface area contributed by atoms with E-state index in [1.807, 2.05) is 0 Å². The van der Waals surface area contributed by atoms with E-state index in [0.29, 0.717) is 11.3 Å². The summed E-state index contributed by atoms with van der Waals surface area (Å²) in [4.78, 5) is 36.1. The van der Waals surface area contributed by atoms with Crippen LogP contribution < -0.4 is 21.3 Å². The fourth-order valence-electron chi connectivity index (χ4n) is 3.35. The molecule has 7 nitrogen and oxygen atoms in total. The molecular formula is C22H24F2N4O3. The molecule has 2 aromatic rings. The first kappa shape index (κ1) is 22.2. The molecule has 164 valence electrons. The van der Waals surface area contributed by atoms with E-state index in [1.54, 1.807) is 24.3 Å². The normalized spacial score (nSPS) is 13.5. The Labute approximate surface area is 178 Å². The Hall–Kier alpha value is -3.49. The number of hydrogen-bond donors (Lipinski definition) is 4. The molecule has 0 saturated heterocycles. The van der Waals surface area contributed by atoms with Crippen LogP contribution >= 0.6 is 0 Å². The van der Waals surface area contributed by atoms with Gasteiger partial charge >= 0.3 is 6.03 Å². The number of carbonyl (C=O) groups is 3. The monoisotopic (exact) mass is 430 g/mol. The van der Waals surface area contributed by atoms with Crippen LogP contribution in [-0.2, 0) is 4.79 Å². The summed E-state index contributed by atoms with van der Waals surface area (Å²) in [7, 11) is 0. The largest absolute Gasteiger partial charge is 0.350 e. The molecule has 1 saturated carbocycles. The summed E-state index contributed by atoms with van der Waals surface area (Å²) in [5.41, 5.74) is 0.767. The third-order valence-corrected chi connectivity index (χ3v) is 5.01. The van der Waals surface area contributed by atoms with Crippen molar-refractivity contribution >= 4 is 29.2 Å². The van der Waals surface area contributed by atoms with Gasteiger partial charge in [-0.2, -0.15) is 0 Å². The number of nitrogens with one attached hydrogen (secondary N) is 4. The van der Waals surface area contributed by atoms with Crippen molar-refractivity contribution in [3.8, 4) is 0 Å². The number of carbonyl (C=O) groups excluding carboxylic acids is 3. The second kappa shape index (κ2) is 10.5. The zero-order valence-electron chi connectivity index (χ0n) is 16.8. The molecule has 3 rings (SSSR count). The van der Waals surface area contributed by atoms with E-state index in [0.717, 1.165) is 43.9 Å². The number of benzene rings is 2. The first-order valence-electron chi connectivity index (χ1n) is 10.1. The number of halogens is 2. The van der Waals surface area contributed by atoms with Crippen molar-refractivity contribution in [1.29, 1.82) is 0 Å².